The predicted octanol–water partition coefficient (Wildman–Crippen LogP) is 5.77. The van der Waals surface area contributed by atoms with E-state index in [1.807, 2.05) is 0 Å². The van der Waals surface area contributed by atoms with Gasteiger partial charge in [0.2, 0.25) is 0 Å². The number of nitrogens with zero attached hydrogens (tertiary/aromatic N) is 1. The summed E-state index contributed by atoms with van der Waals surface area (Å²) in [6.45, 7) is 9.14. The van der Waals surface area contributed by atoms with Gasteiger partial charge < -0.3 is 25.7 Å². The van der Waals surface area contributed by atoms with Crippen LogP contribution in [0.2, 0.25) is 0 Å². The van der Waals surface area contributed by atoms with Crippen molar-refractivity contribution < 1.29 is 10.2 Å². The lowest BCUT2D eigenvalue weighted by atomic mass is 10.1. The quantitative estimate of drug-likeness (QED) is 0.0888. The fourth-order valence-corrected chi connectivity index (χ4v) is 3.89. The average Bonchev–Trinajstić information content (AvgIpc) is 2.87. The molecule has 0 amide bonds. The molecule has 0 aromatic rings. The number of hydrogen-bond donors (Lipinski definition) is 4. The van der Waals surface area contributed by atoms with Crippen molar-refractivity contribution in [3.8, 4) is 0 Å². The van der Waals surface area contributed by atoms with Crippen LogP contribution in [0.15, 0.2) is 48.6 Å². The van der Waals surface area contributed by atoms with Crippen molar-refractivity contribution >= 4 is 0 Å². The highest BCUT2D eigenvalue weighted by molar-refractivity contribution is 4.91. The van der Waals surface area contributed by atoms with Gasteiger partial charge in [-0.3, -0.25) is 0 Å². The molecular formula is C31H59N3O2. The van der Waals surface area contributed by atoms with Crippen molar-refractivity contribution in [1.29, 1.82) is 0 Å². The third-order valence-corrected chi connectivity index (χ3v) is 6.27. The van der Waals surface area contributed by atoms with Gasteiger partial charge in [0.15, 0.2) is 0 Å². The third-order valence-electron chi connectivity index (χ3n) is 6.27. The van der Waals surface area contributed by atoms with Crippen LogP contribution in [0.1, 0.15) is 90.9 Å². The summed E-state index contributed by atoms with van der Waals surface area (Å²) in [6, 6.07) is 0. The van der Waals surface area contributed by atoms with Gasteiger partial charge in [-0.15, -0.1) is 0 Å². The van der Waals surface area contributed by atoms with Crippen LogP contribution in [0.25, 0.3) is 0 Å². The van der Waals surface area contributed by atoms with Crippen LogP contribution < -0.4 is 10.6 Å². The molecule has 2 unspecified atom stereocenters. The zero-order chi connectivity index (χ0) is 26.5. The van der Waals surface area contributed by atoms with E-state index in [9.17, 15) is 10.2 Å². The Balaban J connectivity index is 3.46. The first-order valence-electron chi connectivity index (χ1n) is 14.6. The second kappa shape index (κ2) is 28.3. The fourth-order valence-electron chi connectivity index (χ4n) is 3.89. The molecule has 4 N–H and O–H groups in total. The molecule has 0 bridgehead atoms. The van der Waals surface area contributed by atoms with E-state index >= 15 is 0 Å². The molecule has 0 rings (SSSR count). The maximum absolute atomic E-state index is 10.1. The molecule has 0 saturated heterocycles. The van der Waals surface area contributed by atoms with E-state index in [1.165, 1.54) is 25.7 Å². The highest BCUT2D eigenvalue weighted by Crippen LogP contribution is 2.07. The zero-order valence-corrected chi connectivity index (χ0v) is 23.8. The van der Waals surface area contributed by atoms with Crippen molar-refractivity contribution in [3.63, 3.8) is 0 Å². The lowest BCUT2D eigenvalue weighted by Crippen LogP contribution is -2.38. The van der Waals surface area contributed by atoms with Crippen LogP contribution in [0.4, 0.5) is 0 Å². The predicted molar refractivity (Wildman–Crippen MR) is 159 cm³/mol. The topological polar surface area (TPSA) is 67.8 Å². The van der Waals surface area contributed by atoms with Crippen LogP contribution in [0.5, 0.6) is 0 Å². The van der Waals surface area contributed by atoms with Crippen molar-refractivity contribution in [3.05, 3.63) is 48.6 Å². The summed E-state index contributed by atoms with van der Waals surface area (Å²) in [6.07, 6.45) is 30.1. The molecule has 0 aliphatic rings. The highest BCUT2D eigenvalue weighted by atomic mass is 16.3. The van der Waals surface area contributed by atoms with Gasteiger partial charge in [0, 0.05) is 39.3 Å². The molecule has 0 aromatic heterocycles. The van der Waals surface area contributed by atoms with E-state index in [4.69, 9.17) is 0 Å². The van der Waals surface area contributed by atoms with Gasteiger partial charge in [0.25, 0.3) is 0 Å². The minimum absolute atomic E-state index is 0.247. The number of rotatable bonds is 26. The van der Waals surface area contributed by atoms with E-state index in [-0.39, 0.29) is 12.2 Å². The zero-order valence-electron chi connectivity index (χ0n) is 23.8. The van der Waals surface area contributed by atoms with Gasteiger partial charge in [-0.1, -0.05) is 74.3 Å². The molecule has 0 saturated carbocycles. The van der Waals surface area contributed by atoms with E-state index in [2.05, 4.69) is 85.0 Å². The molecule has 0 radical (unpaired) electrons. The number of hydrogen-bond acceptors (Lipinski definition) is 5. The van der Waals surface area contributed by atoms with Crippen molar-refractivity contribution in [1.82, 2.24) is 15.5 Å². The highest BCUT2D eigenvalue weighted by Gasteiger charge is 2.05. The maximum atomic E-state index is 10.1. The van der Waals surface area contributed by atoms with Crippen LogP contribution in [0, 0.1) is 0 Å². The summed E-state index contributed by atoms with van der Waals surface area (Å²) in [7, 11) is 2.12. The minimum Gasteiger partial charge on any atom is -0.392 e. The van der Waals surface area contributed by atoms with Crippen molar-refractivity contribution in [2.24, 2.45) is 0 Å². The van der Waals surface area contributed by atoms with Crippen LogP contribution in [0.3, 0.4) is 0 Å². The SMILES string of the molecule is C/C=C\C/C=C\CCCCCC(O)CNCCN(C)CCNCC(O)CCCCC/C=C\C/C=C\C. The normalized spacial score (nSPS) is 14.4. The molecule has 0 aromatic carbocycles. The first kappa shape index (κ1) is 34.8. The maximum Gasteiger partial charge on any atom is 0.0664 e. The Morgan fingerprint density at radius 1 is 0.611 bits per heavy atom. The summed E-state index contributed by atoms with van der Waals surface area (Å²) in [5.74, 6) is 0. The minimum atomic E-state index is -0.247. The Morgan fingerprint density at radius 3 is 1.47 bits per heavy atom. The molecule has 0 heterocycles. The van der Waals surface area contributed by atoms with Crippen LogP contribution >= 0.6 is 0 Å². The summed E-state index contributed by atoms with van der Waals surface area (Å²) in [5.41, 5.74) is 0. The monoisotopic (exact) mass is 505 g/mol. The molecule has 0 spiro atoms. The molecule has 5 heteroatoms. The summed E-state index contributed by atoms with van der Waals surface area (Å²) < 4.78 is 0. The van der Waals surface area contributed by atoms with Gasteiger partial charge in [-0.2, -0.15) is 0 Å². The van der Waals surface area contributed by atoms with Crippen molar-refractivity contribution in [2.75, 3.05) is 46.3 Å². The second-order valence-corrected chi connectivity index (χ2v) is 9.85. The summed E-state index contributed by atoms with van der Waals surface area (Å²) in [4.78, 5) is 2.28. The molecular weight excluding hydrogens is 446 g/mol. The smallest absolute Gasteiger partial charge is 0.0664 e. The van der Waals surface area contributed by atoms with Gasteiger partial charge in [-0.25, -0.2) is 0 Å². The molecule has 0 aliphatic heterocycles. The number of likely N-dealkylation sites (N-methyl/N-ethyl adjacent to an activating group) is 1. The second-order valence-electron chi connectivity index (χ2n) is 9.85. The Kier molecular flexibility index (Phi) is 27.4. The number of aliphatic hydroxyl groups is 2. The number of aliphatic hydroxyl groups excluding tert-OH is 2. The Labute approximate surface area is 223 Å². The first-order chi connectivity index (χ1) is 17.6. The van der Waals surface area contributed by atoms with Gasteiger partial charge in [0.05, 0.1) is 12.2 Å². The number of allylic oxidation sites excluding steroid dienone is 8. The largest absolute Gasteiger partial charge is 0.392 e. The average molecular weight is 506 g/mol. The summed E-state index contributed by atoms with van der Waals surface area (Å²) >= 11 is 0. The van der Waals surface area contributed by atoms with Gasteiger partial charge >= 0.3 is 0 Å². The molecule has 0 fully saturated rings. The van der Waals surface area contributed by atoms with Crippen LogP contribution in [-0.2, 0) is 0 Å². The molecule has 0 aliphatic carbocycles. The lowest BCUT2D eigenvalue weighted by molar-refractivity contribution is 0.155. The standard InChI is InChI=1S/C31H59N3O2/c1-4-6-8-10-12-14-16-18-20-22-30(35)28-32-24-26-34(3)27-25-33-29-31(36)23-21-19-17-15-13-11-9-7-5-2/h4-7,10-13,30-33,35-36H,8-9,14-29H2,1-3H3/b6-4-,7-5-,12-10-,13-11-. The Bertz CT molecular complexity index is 512. The van der Waals surface area contributed by atoms with E-state index in [1.54, 1.807) is 0 Å². The van der Waals surface area contributed by atoms with Crippen molar-refractivity contribution in [2.45, 2.75) is 103 Å². The lowest BCUT2D eigenvalue weighted by Gasteiger charge is -2.19. The molecule has 36 heavy (non-hydrogen) atoms. The third kappa shape index (κ3) is 27.3. The van der Waals surface area contributed by atoms with Gasteiger partial charge in [-0.05, 0) is 72.3 Å². The summed E-state index contributed by atoms with van der Waals surface area (Å²) in [5, 5.41) is 27.1. The Morgan fingerprint density at radius 2 is 1.06 bits per heavy atom. The molecule has 5 nitrogen and oxygen atoms in total. The van der Waals surface area contributed by atoms with E-state index < -0.39 is 0 Å². The van der Waals surface area contributed by atoms with E-state index in [0.29, 0.717) is 13.1 Å². The number of nitrogens with one attached hydrogen (secondary N) is 2. The molecule has 210 valence electrons. The van der Waals surface area contributed by atoms with E-state index in [0.717, 1.165) is 77.5 Å². The van der Waals surface area contributed by atoms with Crippen LogP contribution in [-0.4, -0.2) is 73.6 Å². The first-order valence-corrected chi connectivity index (χ1v) is 14.6. The molecule has 2 atom stereocenters. The Hall–Kier alpha value is -1.24. The number of unbranched alkanes of at least 4 members (excludes halogenated alkanes) is 6. The fraction of sp³-hybridized carbons (Fsp3) is 0.742. The van der Waals surface area contributed by atoms with Gasteiger partial charge in [0.1, 0.15) is 0 Å².